The number of carbonyl (C=O) groups is 2. The van der Waals surface area contributed by atoms with Crippen molar-refractivity contribution >= 4 is 11.9 Å². The molecule has 0 aliphatic heterocycles. The van der Waals surface area contributed by atoms with Crippen LogP contribution in [0.5, 0.6) is 0 Å². The summed E-state index contributed by atoms with van der Waals surface area (Å²) < 4.78 is 5.20. The number of allylic oxidation sites excluding steroid dienone is 1. The van der Waals surface area contributed by atoms with E-state index >= 15 is 0 Å². The molecule has 0 radical (unpaired) electrons. The van der Waals surface area contributed by atoms with Gasteiger partial charge in [-0.15, -0.1) is 0 Å². The summed E-state index contributed by atoms with van der Waals surface area (Å²) in [5, 5.41) is 19.1. The minimum Gasteiger partial charge on any atom is -0.502 e. The van der Waals surface area contributed by atoms with E-state index in [-0.39, 0.29) is 13.0 Å². The van der Waals surface area contributed by atoms with Crippen LogP contribution in [0, 0.1) is 10.8 Å². The highest BCUT2D eigenvalue weighted by Crippen LogP contribution is 2.53. The van der Waals surface area contributed by atoms with E-state index in [2.05, 4.69) is 0 Å². The Kier molecular flexibility index (Phi) is 4.97. The fraction of sp³-hybridized carbons (Fsp3) is 0.714. The first-order valence-corrected chi connectivity index (χ1v) is 6.60. The third-order valence-corrected chi connectivity index (χ3v) is 4.35. The summed E-state index contributed by atoms with van der Waals surface area (Å²) in [5.74, 6) is -2.05. The minimum absolute atomic E-state index is 0.218. The standard InChI is InChI=1S/C14H22O5/c1-3-9-19-10-8-14(12(17)18)7-5-4-6-13(14,2)11(15)16/h3,9H,4-8,10H2,1-2H3,(H,15,16)(H,17,18). The summed E-state index contributed by atoms with van der Waals surface area (Å²) in [6.45, 7) is 3.58. The Bertz CT molecular complexity index is 376. The lowest BCUT2D eigenvalue weighted by molar-refractivity contribution is -0.179. The van der Waals surface area contributed by atoms with E-state index in [0.717, 1.165) is 12.8 Å². The highest BCUT2D eigenvalue weighted by atomic mass is 16.5. The summed E-state index contributed by atoms with van der Waals surface area (Å²) in [5.41, 5.74) is -2.46. The van der Waals surface area contributed by atoms with Crippen LogP contribution in [0.3, 0.4) is 0 Å². The molecule has 0 bridgehead atoms. The number of ether oxygens (including phenoxy) is 1. The normalized spacial score (nSPS) is 31.3. The number of hydrogen-bond donors (Lipinski definition) is 2. The predicted octanol–water partition coefficient (Wildman–Crippen LogP) is 2.66. The van der Waals surface area contributed by atoms with Gasteiger partial charge >= 0.3 is 11.9 Å². The van der Waals surface area contributed by atoms with Gasteiger partial charge in [0.25, 0.3) is 0 Å². The van der Waals surface area contributed by atoms with Crippen molar-refractivity contribution in [1.29, 1.82) is 0 Å². The van der Waals surface area contributed by atoms with Gasteiger partial charge in [-0.1, -0.05) is 18.9 Å². The SMILES string of the molecule is CC=COCCC1(C(=O)O)CCCCC1(C)C(=O)O. The Morgan fingerprint density at radius 1 is 1.21 bits per heavy atom. The molecule has 19 heavy (non-hydrogen) atoms. The van der Waals surface area contributed by atoms with Crippen LogP contribution in [0.1, 0.15) is 46.0 Å². The summed E-state index contributed by atoms with van der Waals surface area (Å²) in [4.78, 5) is 23.3. The van der Waals surface area contributed by atoms with Gasteiger partial charge in [0.15, 0.2) is 0 Å². The number of carboxylic acid groups (broad SMARTS) is 2. The maximum atomic E-state index is 11.7. The predicted molar refractivity (Wildman–Crippen MR) is 69.7 cm³/mol. The molecule has 0 spiro atoms. The second-order valence-corrected chi connectivity index (χ2v) is 5.32. The molecule has 0 aromatic carbocycles. The van der Waals surface area contributed by atoms with Gasteiger partial charge in [0.2, 0.25) is 0 Å². The summed E-state index contributed by atoms with van der Waals surface area (Å²) in [7, 11) is 0. The Balaban J connectivity index is 2.99. The fourth-order valence-corrected chi connectivity index (χ4v) is 2.98. The Labute approximate surface area is 113 Å². The average molecular weight is 270 g/mol. The fourth-order valence-electron chi connectivity index (χ4n) is 2.98. The van der Waals surface area contributed by atoms with Crippen molar-refractivity contribution in [1.82, 2.24) is 0 Å². The molecule has 0 aromatic rings. The first-order chi connectivity index (χ1) is 8.90. The monoisotopic (exact) mass is 270 g/mol. The molecule has 1 fully saturated rings. The van der Waals surface area contributed by atoms with Crippen molar-refractivity contribution in [3.05, 3.63) is 12.3 Å². The first-order valence-electron chi connectivity index (χ1n) is 6.60. The molecule has 1 rings (SSSR count). The van der Waals surface area contributed by atoms with Crippen LogP contribution in [0.25, 0.3) is 0 Å². The lowest BCUT2D eigenvalue weighted by Gasteiger charge is -2.46. The average Bonchev–Trinajstić information content (AvgIpc) is 2.36. The van der Waals surface area contributed by atoms with E-state index in [1.54, 1.807) is 19.9 Å². The maximum absolute atomic E-state index is 11.7. The van der Waals surface area contributed by atoms with Crippen LogP contribution in [0.2, 0.25) is 0 Å². The number of hydrogen-bond acceptors (Lipinski definition) is 3. The van der Waals surface area contributed by atoms with Gasteiger partial charge in [0, 0.05) is 0 Å². The van der Waals surface area contributed by atoms with Crippen LogP contribution < -0.4 is 0 Å². The Morgan fingerprint density at radius 3 is 2.37 bits per heavy atom. The highest BCUT2D eigenvalue weighted by Gasteiger charge is 2.59. The third kappa shape index (κ3) is 2.74. The summed E-state index contributed by atoms with van der Waals surface area (Å²) in [6.07, 6.45) is 5.73. The lowest BCUT2D eigenvalue weighted by Crippen LogP contribution is -2.53. The summed E-state index contributed by atoms with van der Waals surface area (Å²) >= 11 is 0. The minimum atomic E-state index is -1.24. The van der Waals surface area contributed by atoms with E-state index < -0.39 is 22.8 Å². The molecule has 5 nitrogen and oxygen atoms in total. The van der Waals surface area contributed by atoms with Crippen LogP contribution in [0.15, 0.2) is 12.3 Å². The van der Waals surface area contributed by atoms with Gasteiger partial charge < -0.3 is 14.9 Å². The van der Waals surface area contributed by atoms with Gasteiger partial charge in [-0.2, -0.15) is 0 Å². The second kappa shape index (κ2) is 6.08. The van der Waals surface area contributed by atoms with Gasteiger partial charge in [0.05, 0.1) is 23.7 Å². The maximum Gasteiger partial charge on any atom is 0.310 e. The topological polar surface area (TPSA) is 83.8 Å². The molecular formula is C14H22O5. The lowest BCUT2D eigenvalue weighted by atomic mass is 9.55. The second-order valence-electron chi connectivity index (χ2n) is 5.32. The zero-order valence-corrected chi connectivity index (χ0v) is 11.5. The largest absolute Gasteiger partial charge is 0.502 e. The van der Waals surface area contributed by atoms with E-state index in [0.29, 0.717) is 12.8 Å². The molecule has 1 saturated carbocycles. The van der Waals surface area contributed by atoms with Crippen molar-refractivity contribution in [2.75, 3.05) is 6.61 Å². The Morgan fingerprint density at radius 2 is 1.84 bits per heavy atom. The van der Waals surface area contributed by atoms with Gasteiger partial charge in [0.1, 0.15) is 0 Å². The first kappa shape index (κ1) is 15.5. The van der Waals surface area contributed by atoms with Gasteiger partial charge in [-0.3, -0.25) is 9.59 Å². The van der Waals surface area contributed by atoms with Crippen molar-refractivity contribution < 1.29 is 24.5 Å². The highest BCUT2D eigenvalue weighted by molar-refractivity contribution is 5.86. The quantitative estimate of drug-likeness (QED) is 0.572. The molecular weight excluding hydrogens is 248 g/mol. The van der Waals surface area contributed by atoms with Crippen LogP contribution >= 0.6 is 0 Å². The molecule has 1 aliphatic carbocycles. The third-order valence-electron chi connectivity index (χ3n) is 4.35. The number of rotatable bonds is 6. The Hall–Kier alpha value is -1.52. The molecule has 0 amide bonds. The molecule has 5 heteroatoms. The van der Waals surface area contributed by atoms with Crippen LogP contribution in [-0.4, -0.2) is 28.8 Å². The van der Waals surface area contributed by atoms with Gasteiger partial charge in [-0.05, 0) is 33.1 Å². The van der Waals surface area contributed by atoms with Crippen molar-refractivity contribution in [2.24, 2.45) is 10.8 Å². The zero-order valence-electron chi connectivity index (χ0n) is 11.5. The van der Waals surface area contributed by atoms with Gasteiger partial charge in [-0.25, -0.2) is 0 Å². The van der Waals surface area contributed by atoms with Crippen molar-refractivity contribution in [3.63, 3.8) is 0 Å². The molecule has 1 aliphatic rings. The number of aliphatic carboxylic acids is 2. The van der Waals surface area contributed by atoms with Crippen LogP contribution in [0.4, 0.5) is 0 Å². The zero-order chi connectivity index (χ0) is 14.5. The molecule has 0 saturated heterocycles. The molecule has 0 aromatic heterocycles. The summed E-state index contributed by atoms with van der Waals surface area (Å²) in [6, 6.07) is 0. The number of carboxylic acids is 2. The van der Waals surface area contributed by atoms with Crippen molar-refractivity contribution in [3.8, 4) is 0 Å². The smallest absolute Gasteiger partial charge is 0.310 e. The van der Waals surface area contributed by atoms with E-state index in [1.165, 1.54) is 6.26 Å². The molecule has 2 unspecified atom stereocenters. The van der Waals surface area contributed by atoms with Crippen LogP contribution in [-0.2, 0) is 14.3 Å². The molecule has 2 atom stereocenters. The van der Waals surface area contributed by atoms with Crippen molar-refractivity contribution in [2.45, 2.75) is 46.0 Å². The molecule has 108 valence electrons. The molecule has 2 N–H and O–H groups in total. The van der Waals surface area contributed by atoms with E-state index in [4.69, 9.17) is 4.74 Å². The van der Waals surface area contributed by atoms with E-state index in [9.17, 15) is 19.8 Å². The molecule has 0 heterocycles. The van der Waals surface area contributed by atoms with E-state index in [1.807, 2.05) is 0 Å².